The first-order chi connectivity index (χ1) is 12.2. The average molecular weight is 372 g/mol. The highest BCUT2D eigenvalue weighted by atomic mass is 32.2. The molecule has 1 aromatic heterocycles. The Morgan fingerprint density at radius 3 is 2.84 bits per heavy atom. The molecule has 0 atom stereocenters. The van der Waals surface area contributed by atoms with Gasteiger partial charge in [0.25, 0.3) is 5.91 Å². The van der Waals surface area contributed by atoms with Gasteiger partial charge in [0.05, 0.1) is 4.08 Å². The first-order valence-electron chi connectivity index (χ1n) is 9.00. The van der Waals surface area contributed by atoms with E-state index >= 15 is 0 Å². The summed E-state index contributed by atoms with van der Waals surface area (Å²) >= 11 is 4.09. The molecular weight excluding hydrogens is 350 g/mol. The van der Waals surface area contributed by atoms with Crippen LogP contribution >= 0.6 is 23.5 Å². The third-order valence-electron chi connectivity index (χ3n) is 5.59. The number of amides is 1. The average Bonchev–Trinajstić information content (AvgIpc) is 3.33. The van der Waals surface area contributed by atoms with Crippen LogP contribution in [0.3, 0.4) is 0 Å². The molecule has 5 heteroatoms. The Morgan fingerprint density at radius 2 is 2.00 bits per heavy atom. The summed E-state index contributed by atoms with van der Waals surface area (Å²) in [6.45, 7) is 2.84. The maximum atomic E-state index is 13.3. The second-order valence-corrected chi connectivity index (χ2v) is 10.0. The molecule has 0 bridgehead atoms. The summed E-state index contributed by atoms with van der Waals surface area (Å²) in [6.07, 6.45) is 4.23. The fraction of sp³-hybridized carbons (Fsp3) is 0.450. The Balaban J connectivity index is 1.56. The number of nitrogens with zero attached hydrogens (tertiary/aromatic N) is 1. The highest BCUT2D eigenvalue weighted by molar-refractivity contribution is 8.20. The summed E-state index contributed by atoms with van der Waals surface area (Å²) in [5.41, 5.74) is 4.69. The summed E-state index contributed by atoms with van der Waals surface area (Å²) in [5, 5.41) is 0. The molecule has 1 aliphatic carbocycles. The summed E-state index contributed by atoms with van der Waals surface area (Å²) in [7, 11) is 0. The van der Waals surface area contributed by atoms with E-state index in [0.29, 0.717) is 5.76 Å². The lowest BCUT2D eigenvalue weighted by Gasteiger charge is -2.31. The Hall–Kier alpha value is -1.33. The number of carbonyl (C=O) groups is 1. The van der Waals surface area contributed by atoms with Crippen LogP contribution in [0.5, 0.6) is 0 Å². The van der Waals surface area contributed by atoms with Crippen molar-refractivity contribution in [1.29, 1.82) is 0 Å². The van der Waals surface area contributed by atoms with Crippen LogP contribution in [0.2, 0.25) is 0 Å². The molecular formula is C20H21NO2S2. The Bertz CT molecular complexity index is 851. The quantitative estimate of drug-likeness (QED) is 0.724. The van der Waals surface area contributed by atoms with Crippen molar-refractivity contribution in [3.8, 4) is 0 Å². The zero-order valence-corrected chi connectivity index (χ0v) is 16.0. The first-order valence-corrected chi connectivity index (χ1v) is 11.0. The number of aryl methyl sites for hydroxylation is 1. The van der Waals surface area contributed by atoms with E-state index in [1.54, 1.807) is 0 Å². The van der Waals surface area contributed by atoms with Crippen molar-refractivity contribution < 1.29 is 9.21 Å². The molecule has 2 aliphatic heterocycles. The SMILES string of the molecule is Cc1c(C(=O)N2CCc3ccccc32)oc2c1C1(CCC2)SCCS1. The second kappa shape index (κ2) is 5.85. The molecule has 3 heterocycles. The first kappa shape index (κ1) is 15.9. The van der Waals surface area contributed by atoms with Crippen LogP contribution in [-0.2, 0) is 16.9 Å². The fourth-order valence-corrected chi connectivity index (χ4v) is 8.03. The lowest BCUT2D eigenvalue weighted by Crippen LogP contribution is -2.29. The zero-order chi connectivity index (χ0) is 17.0. The van der Waals surface area contributed by atoms with Gasteiger partial charge in [-0.15, -0.1) is 23.5 Å². The summed E-state index contributed by atoms with van der Waals surface area (Å²) in [4.78, 5) is 15.2. The van der Waals surface area contributed by atoms with Gasteiger partial charge >= 0.3 is 0 Å². The van der Waals surface area contributed by atoms with Gasteiger partial charge in [-0.05, 0) is 37.8 Å². The lowest BCUT2D eigenvalue weighted by molar-refractivity contribution is 0.0960. The molecule has 3 aliphatic rings. The fourth-order valence-electron chi connectivity index (χ4n) is 4.47. The van der Waals surface area contributed by atoms with Gasteiger partial charge in [0.1, 0.15) is 5.76 Å². The molecule has 2 aromatic rings. The molecule has 0 N–H and O–H groups in total. The normalized spacial score (nSPS) is 20.8. The number of rotatable bonds is 1. The number of anilines is 1. The van der Waals surface area contributed by atoms with Crippen LogP contribution in [0.4, 0.5) is 5.69 Å². The van der Waals surface area contributed by atoms with Crippen molar-refractivity contribution in [3.05, 3.63) is 52.5 Å². The lowest BCUT2D eigenvalue weighted by atomic mass is 9.94. The van der Waals surface area contributed by atoms with E-state index in [0.717, 1.165) is 42.8 Å². The van der Waals surface area contributed by atoms with Crippen molar-refractivity contribution in [3.63, 3.8) is 0 Å². The standard InChI is InChI=1S/C20H21NO2S2/c1-13-17-16(7-4-9-20(17)24-11-12-25-20)23-18(13)19(22)21-10-8-14-5-2-3-6-15(14)21/h2-3,5-6H,4,7-12H2,1H3. The number of furan rings is 1. The number of benzene rings is 1. The van der Waals surface area contributed by atoms with Gasteiger partial charge in [-0.2, -0.15) is 0 Å². The van der Waals surface area contributed by atoms with Crippen LogP contribution in [0.25, 0.3) is 0 Å². The predicted octanol–water partition coefficient (Wildman–Crippen LogP) is 4.76. The van der Waals surface area contributed by atoms with Gasteiger partial charge in [0.2, 0.25) is 0 Å². The van der Waals surface area contributed by atoms with Crippen LogP contribution in [0.15, 0.2) is 28.7 Å². The molecule has 1 aromatic carbocycles. The number of hydrogen-bond acceptors (Lipinski definition) is 4. The maximum absolute atomic E-state index is 13.3. The van der Waals surface area contributed by atoms with Gasteiger partial charge in [-0.3, -0.25) is 4.79 Å². The van der Waals surface area contributed by atoms with E-state index in [1.807, 2.05) is 46.6 Å². The van der Waals surface area contributed by atoms with E-state index in [4.69, 9.17) is 4.42 Å². The minimum Gasteiger partial charge on any atom is -0.455 e. The molecule has 0 radical (unpaired) electrons. The molecule has 1 spiro atoms. The Morgan fingerprint density at radius 1 is 1.20 bits per heavy atom. The molecule has 1 saturated heterocycles. The largest absolute Gasteiger partial charge is 0.455 e. The van der Waals surface area contributed by atoms with Crippen LogP contribution in [-0.4, -0.2) is 24.0 Å². The molecule has 25 heavy (non-hydrogen) atoms. The highest BCUT2D eigenvalue weighted by Crippen LogP contribution is 2.59. The molecule has 1 amide bonds. The minimum atomic E-state index is 0.0278. The van der Waals surface area contributed by atoms with Crippen molar-refractivity contribution in [2.75, 3.05) is 23.0 Å². The number of thioether (sulfide) groups is 2. The monoisotopic (exact) mass is 371 g/mol. The molecule has 3 nitrogen and oxygen atoms in total. The minimum absolute atomic E-state index is 0.0278. The molecule has 0 saturated carbocycles. The van der Waals surface area contributed by atoms with Gasteiger partial charge in [0.15, 0.2) is 5.76 Å². The Labute approximate surface area is 156 Å². The number of fused-ring (bicyclic) bond motifs is 3. The summed E-state index contributed by atoms with van der Waals surface area (Å²) in [6, 6.07) is 8.21. The van der Waals surface area contributed by atoms with E-state index < -0.39 is 0 Å². The number of hydrogen-bond donors (Lipinski definition) is 0. The highest BCUT2D eigenvalue weighted by Gasteiger charge is 2.45. The Kier molecular flexibility index (Phi) is 3.72. The topological polar surface area (TPSA) is 33.5 Å². The van der Waals surface area contributed by atoms with E-state index in [2.05, 4.69) is 13.0 Å². The van der Waals surface area contributed by atoms with Gasteiger partial charge in [0, 0.05) is 41.3 Å². The molecule has 1 fully saturated rings. The third-order valence-corrected chi connectivity index (χ3v) is 9.12. The van der Waals surface area contributed by atoms with E-state index in [-0.39, 0.29) is 9.99 Å². The van der Waals surface area contributed by atoms with Crippen molar-refractivity contribution in [1.82, 2.24) is 0 Å². The summed E-state index contributed by atoms with van der Waals surface area (Å²) in [5.74, 6) is 4.03. The van der Waals surface area contributed by atoms with Crippen LogP contribution < -0.4 is 4.90 Å². The van der Waals surface area contributed by atoms with Crippen molar-refractivity contribution in [2.45, 2.75) is 36.7 Å². The predicted molar refractivity (Wildman–Crippen MR) is 105 cm³/mol. The van der Waals surface area contributed by atoms with Gasteiger partial charge in [-0.25, -0.2) is 0 Å². The number of para-hydroxylation sites is 1. The van der Waals surface area contributed by atoms with Crippen molar-refractivity contribution in [2.24, 2.45) is 0 Å². The maximum Gasteiger partial charge on any atom is 0.294 e. The van der Waals surface area contributed by atoms with Crippen molar-refractivity contribution >= 4 is 35.1 Å². The van der Waals surface area contributed by atoms with E-state index in [9.17, 15) is 4.79 Å². The van der Waals surface area contributed by atoms with Gasteiger partial charge in [-0.1, -0.05) is 18.2 Å². The molecule has 130 valence electrons. The van der Waals surface area contributed by atoms with Crippen LogP contribution in [0, 0.1) is 6.92 Å². The number of carbonyl (C=O) groups excluding carboxylic acids is 1. The third kappa shape index (κ3) is 2.32. The summed E-state index contributed by atoms with van der Waals surface area (Å²) < 4.78 is 6.32. The van der Waals surface area contributed by atoms with Gasteiger partial charge < -0.3 is 9.32 Å². The van der Waals surface area contributed by atoms with Crippen LogP contribution in [0.1, 0.15) is 45.8 Å². The molecule has 0 unspecified atom stereocenters. The zero-order valence-electron chi connectivity index (χ0n) is 14.3. The smallest absolute Gasteiger partial charge is 0.294 e. The second-order valence-electron chi connectivity index (χ2n) is 6.99. The molecule has 5 rings (SSSR count). The van der Waals surface area contributed by atoms with E-state index in [1.165, 1.54) is 29.1 Å².